The number of rotatable bonds is 8. The molecule has 11 heteroatoms. The summed E-state index contributed by atoms with van der Waals surface area (Å²) in [5.41, 5.74) is 5.36. The number of carbonyl (C=O) groups is 1. The van der Waals surface area contributed by atoms with Gasteiger partial charge in [0, 0.05) is 73.5 Å². The van der Waals surface area contributed by atoms with Crippen LogP contribution in [0.5, 0.6) is 0 Å². The molecule has 9 nitrogen and oxygen atoms in total. The van der Waals surface area contributed by atoms with E-state index in [-0.39, 0.29) is 11.9 Å². The molecule has 224 valence electrons. The number of carbonyl (C=O) groups excluding carboxylic acids is 1. The van der Waals surface area contributed by atoms with Crippen molar-refractivity contribution in [2.24, 2.45) is 5.10 Å². The predicted molar refractivity (Wildman–Crippen MR) is 170 cm³/mol. The van der Waals surface area contributed by atoms with Crippen molar-refractivity contribution in [3.63, 3.8) is 0 Å². The van der Waals surface area contributed by atoms with Crippen molar-refractivity contribution in [2.45, 2.75) is 58.0 Å². The van der Waals surface area contributed by atoms with E-state index in [2.05, 4.69) is 55.6 Å². The lowest BCUT2D eigenvalue weighted by atomic mass is 9.96. The Labute approximate surface area is 261 Å². The van der Waals surface area contributed by atoms with Crippen LogP contribution in [-0.2, 0) is 9.47 Å². The minimum Gasteiger partial charge on any atom is -0.433 e. The fourth-order valence-corrected chi connectivity index (χ4v) is 6.52. The van der Waals surface area contributed by atoms with Crippen molar-refractivity contribution in [2.75, 3.05) is 44.2 Å². The number of hydrogen-bond acceptors (Lipinski definition) is 8. The monoisotopic (exact) mass is 656 g/mol. The molecule has 3 aliphatic rings. The summed E-state index contributed by atoms with van der Waals surface area (Å²) in [6, 6.07) is 10.1. The van der Waals surface area contributed by atoms with Crippen LogP contribution in [0.2, 0.25) is 5.02 Å². The van der Waals surface area contributed by atoms with E-state index in [4.69, 9.17) is 26.1 Å². The number of nitrogens with zero attached hydrogens (tertiary/aromatic N) is 5. The molecule has 0 aliphatic carbocycles. The Morgan fingerprint density at radius 2 is 2.00 bits per heavy atom. The van der Waals surface area contributed by atoms with E-state index in [0.29, 0.717) is 29.0 Å². The van der Waals surface area contributed by atoms with E-state index < -0.39 is 5.91 Å². The van der Waals surface area contributed by atoms with Gasteiger partial charge < -0.3 is 19.3 Å². The highest BCUT2D eigenvalue weighted by Crippen LogP contribution is 2.33. The first-order valence-corrected chi connectivity index (χ1v) is 15.6. The number of hydrazone groups is 1. The van der Waals surface area contributed by atoms with Crippen molar-refractivity contribution in [1.82, 2.24) is 20.2 Å². The lowest BCUT2D eigenvalue weighted by molar-refractivity contribution is -0.206. The molecule has 0 spiro atoms. The summed E-state index contributed by atoms with van der Waals surface area (Å²) in [4.78, 5) is 24.7. The van der Waals surface area contributed by atoms with Gasteiger partial charge in [-0.05, 0) is 63.4 Å². The van der Waals surface area contributed by atoms with E-state index in [1.54, 1.807) is 13.1 Å². The molecule has 1 N–H and O–H groups in total. The normalized spacial score (nSPS) is 23.3. The maximum atomic E-state index is 13.1. The number of aromatic nitrogens is 1. The molecule has 0 saturated carbocycles. The van der Waals surface area contributed by atoms with E-state index in [1.807, 2.05) is 42.2 Å². The molecule has 0 bridgehead atoms. The number of hydrogen-bond donors (Lipinski definition) is 1. The van der Waals surface area contributed by atoms with Gasteiger partial charge in [0.25, 0.3) is 5.91 Å². The predicted octanol–water partition coefficient (Wildman–Crippen LogP) is 5.51. The molecule has 42 heavy (non-hydrogen) atoms. The van der Waals surface area contributed by atoms with Crippen LogP contribution in [-0.4, -0.2) is 83.9 Å². The van der Waals surface area contributed by atoms with Gasteiger partial charge in [0.2, 0.25) is 0 Å². The van der Waals surface area contributed by atoms with Crippen molar-refractivity contribution >= 4 is 50.9 Å². The zero-order valence-corrected chi connectivity index (χ0v) is 26.7. The highest BCUT2D eigenvalue weighted by molar-refractivity contribution is 9.10. The number of pyridine rings is 1. The first kappa shape index (κ1) is 30.6. The molecule has 2 saturated heterocycles. The van der Waals surface area contributed by atoms with Gasteiger partial charge in [0.1, 0.15) is 5.82 Å². The number of piperazine rings is 1. The molecule has 2 atom stereocenters. The second kappa shape index (κ2) is 13.2. The van der Waals surface area contributed by atoms with Crippen LogP contribution >= 0.6 is 27.5 Å². The van der Waals surface area contributed by atoms with Gasteiger partial charge in [-0.1, -0.05) is 33.1 Å². The fraction of sp³-hybridized carbons (Fsp3) is 0.484. The zero-order chi connectivity index (χ0) is 29.9. The molecular weight excluding hydrogens is 620 g/mol. The summed E-state index contributed by atoms with van der Waals surface area (Å²) >= 11 is 10.3. The third-order valence-electron chi connectivity index (χ3n) is 7.94. The Balaban J connectivity index is 1.24. The molecule has 0 radical (unpaired) electrons. The van der Waals surface area contributed by atoms with E-state index in [1.165, 1.54) is 0 Å². The second-order valence-electron chi connectivity index (χ2n) is 11.2. The Morgan fingerprint density at radius 3 is 2.67 bits per heavy atom. The van der Waals surface area contributed by atoms with Crippen molar-refractivity contribution in [3.05, 3.63) is 69.3 Å². The number of nitrogens with one attached hydrogen (secondary N) is 1. The van der Waals surface area contributed by atoms with Crippen LogP contribution in [0, 0.1) is 0 Å². The third-order valence-corrected chi connectivity index (χ3v) is 8.75. The highest BCUT2D eigenvalue weighted by Gasteiger charge is 2.36. The Bertz CT molecular complexity index is 1370. The molecule has 4 heterocycles. The molecule has 1 aromatic heterocycles. The second-order valence-corrected chi connectivity index (χ2v) is 12.5. The van der Waals surface area contributed by atoms with Crippen LogP contribution in [0.3, 0.4) is 0 Å². The lowest BCUT2D eigenvalue weighted by Crippen LogP contribution is -2.59. The first-order chi connectivity index (χ1) is 20.2. The van der Waals surface area contributed by atoms with Gasteiger partial charge in [-0.25, -0.2) is 10.4 Å². The maximum absolute atomic E-state index is 13.1. The Morgan fingerprint density at radius 1 is 1.26 bits per heavy atom. The zero-order valence-electron chi connectivity index (χ0n) is 24.4. The van der Waals surface area contributed by atoms with Crippen LogP contribution < -0.4 is 10.3 Å². The van der Waals surface area contributed by atoms with Gasteiger partial charge in [-0.3, -0.25) is 9.69 Å². The summed E-state index contributed by atoms with van der Waals surface area (Å²) in [6.45, 7) is 14.4. The quantitative estimate of drug-likeness (QED) is 0.375. The molecule has 2 aromatic rings. The standard InChI is InChI=1S/C31H38BrClN6O3/c1-5-41-31(4)36-35-19-28(42-31)23-17-27(33)29(34-18-23)38-14-15-39(26(20-38)16-21(2)3)25-10-12-37(13-11-25)30(40)22-6-8-24(32)9-7-22/h6-9,17-18,25-26,36H,2,5,10-16,20H2,1,3-4H3/t26-,31?/m0/s1. The van der Waals surface area contributed by atoms with Crippen molar-refractivity contribution in [3.8, 4) is 0 Å². The average molecular weight is 658 g/mol. The lowest BCUT2D eigenvalue weighted by Gasteiger charge is -2.48. The maximum Gasteiger partial charge on any atom is 0.305 e. The minimum atomic E-state index is -1.07. The molecule has 5 rings (SSSR count). The summed E-state index contributed by atoms with van der Waals surface area (Å²) in [6.07, 6.45) is 4.54. The SMILES string of the molecule is C=C(C)C[C@H]1CN(c2ncc(C3=C=NNC(C)(OCC)O3)cc2Cl)CCN1C1CCN(C(=O)c2ccc(Br)cc2)CC1. The van der Waals surface area contributed by atoms with E-state index >= 15 is 0 Å². The number of anilines is 1. The summed E-state index contributed by atoms with van der Waals surface area (Å²) in [5.74, 6) is 3.04. The van der Waals surface area contributed by atoms with Crippen molar-refractivity contribution < 1.29 is 14.3 Å². The molecule has 2 fully saturated rings. The number of amides is 1. The van der Waals surface area contributed by atoms with Gasteiger partial charge in [-0.15, -0.1) is 11.7 Å². The fourth-order valence-electron chi connectivity index (χ4n) is 5.97. The van der Waals surface area contributed by atoms with E-state index in [0.717, 1.165) is 73.4 Å². The smallest absolute Gasteiger partial charge is 0.305 e. The Kier molecular flexibility index (Phi) is 9.60. The van der Waals surface area contributed by atoms with Crippen LogP contribution in [0.25, 0.3) is 5.76 Å². The first-order valence-electron chi connectivity index (χ1n) is 14.4. The summed E-state index contributed by atoms with van der Waals surface area (Å²) in [5, 5.41) is 4.61. The topological polar surface area (TPSA) is 82.5 Å². The molecule has 1 amide bonds. The molecule has 3 aliphatic heterocycles. The van der Waals surface area contributed by atoms with Crippen LogP contribution in [0.4, 0.5) is 5.82 Å². The van der Waals surface area contributed by atoms with Crippen molar-refractivity contribution in [1.29, 1.82) is 0 Å². The third kappa shape index (κ3) is 7.01. The Hall–Kier alpha value is -2.88. The minimum absolute atomic E-state index is 0.104. The molecule has 1 aromatic carbocycles. The largest absolute Gasteiger partial charge is 0.433 e. The van der Waals surface area contributed by atoms with Gasteiger partial charge in [0.05, 0.1) is 17.5 Å². The molecular formula is C31H38BrClN6O3. The van der Waals surface area contributed by atoms with Gasteiger partial charge in [-0.2, -0.15) is 0 Å². The van der Waals surface area contributed by atoms with Gasteiger partial charge >= 0.3 is 5.91 Å². The average Bonchev–Trinajstić information content (AvgIpc) is 2.97. The number of halogens is 2. The summed E-state index contributed by atoms with van der Waals surface area (Å²) in [7, 11) is 0. The number of likely N-dealkylation sites (tertiary alicyclic amines) is 1. The number of ether oxygens (including phenoxy) is 2. The van der Waals surface area contributed by atoms with E-state index in [9.17, 15) is 4.79 Å². The van der Waals surface area contributed by atoms with Crippen LogP contribution in [0.1, 0.15) is 56.0 Å². The summed E-state index contributed by atoms with van der Waals surface area (Å²) < 4.78 is 12.6. The number of piperidine rings is 1. The number of benzene rings is 1. The molecule has 1 unspecified atom stereocenters. The highest BCUT2D eigenvalue weighted by atomic mass is 79.9. The van der Waals surface area contributed by atoms with Crippen LogP contribution in [0.15, 0.2) is 58.3 Å². The van der Waals surface area contributed by atoms with Gasteiger partial charge in [0.15, 0.2) is 5.76 Å².